The van der Waals surface area contributed by atoms with Crippen molar-refractivity contribution in [1.29, 1.82) is 0 Å². The fourth-order valence-corrected chi connectivity index (χ4v) is 1.92. The highest BCUT2D eigenvalue weighted by Gasteiger charge is 2.14. The van der Waals surface area contributed by atoms with Crippen LogP contribution in [0.4, 0.5) is 14.5 Å². The molecule has 2 N–H and O–H groups in total. The first-order chi connectivity index (χ1) is 8.97. The second-order valence-electron chi connectivity index (χ2n) is 4.08. The van der Waals surface area contributed by atoms with Crippen molar-refractivity contribution in [1.82, 2.24) is 0 Å². The number of Topliss-reactive ketones (excluding diaryl/α,β-unsaturated/α-hetero) is 1. The van der Waals surface area contributed by atoms with Crippen LogP contribution in [0.2, 0.25) is 5.02 Å². The molecule has 0 heterocycles. The Morgan fingerprint density at radius 3 is 2.42 bits per heavy atom. The van der Waals surface area contributed by atoms with Gasteiger partial charge in [-0.2, -0.15) is 0 Å². The fraction of sp³-hybridized carbons (Fsp3) is 0.0714. The maximum Gasteiger partial charge on any atom is 0.168 e. The zero-order chi connectivity index (χ0) is 14.0. The van der Waals surface area contributed by atoms with Crippen molar-refractivity contribution < 1.29 is 13.6 Å². The first kappa shape index (κ1) is 13.5. The van der Waals surface area contributed by atoms with E-state index in [1.54, 1.807) is 0 Å². The molecule has 0 unspecified atom stereocenters. The molecule has 0 aliphatic carbocycles. The zero-order valence-corrected chi connectivity index (χ0v) is 10.5. The van der Waals surface area contributed by atoms with Crippen LogP contribution in [0.15, 0.2) is 36.4 Å². The van der Waals surface area contributed by atoms with Crippen LogP contribution < -0.4 is 5.73 Å². The van der Waals surface area contributed by atoms with Gasteiger partial charge in [-0.15, -0.1) is 0 Å². The summed E-state index contributed by atoms with van der Waals surface area (Å²) in [6.07, 6.45) is 0.0467. The predicted molar refractivity (Wildman–Crippen MR) is 70.3 cm³/mol. The number of ketones is 1. The van der Waals surface area contributed by atoms with Crippen molar-refractivity contribution in [2.75, 3.05) is 5.73 Å². The number of anilines is 1. The minimum atomic E-state index is -0.664. The minimum Gasteiger partial charge on any atom is -0.396 e. The van der Waals surface area contributed by atoms with Crippen LogP contribution in [0.5, 0.6) is 0 Å². The largest absolute Gasteiger partial charge is 0.396 e. The average Bonchev–Trinajstić information content (AvgIpc) is 2.36. The van der Waals surface area contributed by atoms with E-state index in [1.807, 2.05) is 0 Å². The standard InChI is InChI=1S/C14H10ClF2NO/c15-11-7-12(17)13(18)6-10(11)14(19)5-8-1-3-9(16)4-2-8/h1-4,6-7H,5,18H2. The van der Waals surface area contributed by atoms with Crippen molar-refractivity contribution in [3.63, 3.8) is 0 Å². The Hall–Kier alpha value is -1.94. The molecule has 0 amide bonds. The van der Waals surface area contributed by atoms with E-state index >= 15 is 0 Å². The number of carbonyl (C=O) groups excluding carboxylic acids is 1. The van der Waals surface area contributed by atoms with E-state index < -0.39 is 5.82 Å². The number of carbonyl (C=O) groups is 1. The number of hydrogen-bond acceptors (Lipinski definition) is 2. The molecule has 0 radical (unpaired) electrons. The van der Waals surface area contributed by atoms with Gasteiger partial charge in [0.25, 0.3) is 0 Å². The lowest BCUT2D eigenvalue weighted by molar-refractivity contribution is 0.0993. The van der Waals surface area contributed by atoms with E-state index in [-0.39, 0.29) is 34.3 Å². The number of nitrogen functional groups attached to an aromatic ring is 1. The third kappa shape index (κ3) is 3.09. The van der Waals surface area contributed by atoms with Gasteiger partial charge in [0.15, 0.2) is 5.78 Å². The summed E-state index contributed by atoms with van der Waals surface area (Å²) in [5.41, 5.74) is 6.07. The summed E-state index contributed by atoms with van der Waals surface area (Å²) in [5, 5.41) is 0.0128. The van der Waals surface area contributed by atoms with Gasteiger partial charge in [0.1, 0.15) is 11.6 Å². The van der Waals surface area contributed by atoms with Gasteiger partial charge in [-0.25, -0.2) is 8.78 Å². The van der Waals surface area contributed by atoms with Gasteiger partial charge in [0.2, 0.25) is 0 Å². The van der Waals surface area contributed by atoms with Crippen LogP contribution >= 0.6 is 11.6 Å². The normalized spacial score (nSPS) is 10.5. The van der Waals surface area contributed by atoms with E-state index in [2.05, 4.69) is 0 Å². The predicted octanol–water partition coefficient (Wildman–Crippen LogP) is 3.63. The average molecular weight is 282 g/mol. The smallest absolute Gasteiger partial charge is 0.168 e. The van der Waals surface area contributed by atoms with Crippen LogP contribution in [0.3, 0.4) is 0 Å². The Morgan fingerprint density at radius 2 is 1.79 bits per heavy atom. The molecule has 0 aliphatic rings. The van der Waals surface area contributed by atoms with Gasteiger partial charge in [-0.3, -0.25) is 4.79 Å². The molecule has 0 atom stereocenters. The van der Waals surface area contributed by atoms with Crippen LogP contribution in [0.25, 0.3) is 0 Å². The Morgan fingerprint density at radius 1 is 1.16 bits per heavy atom. The molecule has 0 saturated heterocycles. The van der Waals surface area contributed by atoms with E-state index in [4.69, 9.17) is 17.3 Å². The Kier molecular flexibility index (Phi) is 3.81. The summed E-state index contributed by atoms with van der Waals surface area (Å²) in [7, 11) is 0. The monoisotopic (exact) mass is 281 g/mol. The van der Waals surface area contributed by atoms with Crippen LogP contribution in [0.1, 0.15) is 15.9 Å². The second kappa shape index (κ2) is 5.36. The minimum absolute atomic E-state index is 0.0128. The van der Waals surface area contributed by atoms with Crippen LogP contribution in [-0.2, 0) is 6.42 Å². The maximum absolute atomic E-state index is 13.1. The molecule has 98 valence electrons. The lowest BCUT2D eigenvalue weighted by atomic mass is 10.0. The lowest BCUT2D eigenvalue weighted by Gasteiger charge is -2.06. The lowest BCUT2D eigenvalue weighted by Crippen LogP contribution is -2.06. The Balaban J connectivity index is 2.25. The van der Waals surface area contributed by atoms with E-state index in [0.717, 1.165) is 6.07 Å². The Bertz CT molecular complexity index is 626. The number of hydrogen-bond donors (Lipinski definition) is 1. The fourth-order valence-electron chi connectivity index (χ4n) is 1.66. The van der Waals surface area contributed by atoms with Crippen molar-refractivity contribution in [2.45, 2.75) is 6.42 Å². The van der Waals surface area contributed by atoms with Crippen LogP contribution in [-0.4, -0.2) is 5.78 Å². The van der Waals surface area contributed by atoms with Crippen molar-refractivity contribution in [3.05, 3.63) is 64.2 Å². The molecule has 0 bridgehead atoms. The van der Waals surface area contributed by atoms with Gasteiger partial charge >= 0.3 is 0 Å². The molecular formula is C14H10ClF2NO. The van der Waals surface area contributed by atoms with Crippen LogP contribution in [0, 0.1) is 11.6 Å². The maximum atomic E-state index is 13.1. The molecule has 2 rings (SSSR count). The van der Waals surface area contributed by atoms with Gasteiger partial charge in [-0.05, 0) is 29.8 Å². The molecule has 0 aromatic heterocycles. The SMILES string of the molecule is Nc1cc(C(=O)Cc2ccc(F)cc2)c(Cl)cc1F. The number of rotatable bonds is 3. The first-order valence-corrected chi connectivity index (χ1v) is 5.87. The quantitative estimate of drug-likeness (QED) is 0.690. The summed E-state index contributed by atoms with van der Waals surface area (Å²) < 4.78 is 25.9. The summed E-state index contributed by atoms with van der Waals surface area (Å²) in [5.74, 6) is -1.34. The molecule has 2 aromatic carbocycles. The van der Waals surface area contributed by atoms with Crippen molar-refractivity contribution in [2.24, 2.45) is 0 Å². The third-order valence-electron chi connectivity index (χ3n) is 2.66. The number of benzene rings is 2. The molecule has 0 saturated carbocycles. The van der Waals surface area contributed by atoms with Gasteiger partial charge in [0.05, 0.1) is 10.7 Å². The molecule has 2 nitrogen and oxygen atoms in total. The highest BCUT2D eigenvalue weighted by molar-refractivity contribution is 6.34. The Labute approximate surface area is 113 Å². The van der Waals surface area contributed by atoms with Gasteiger partial charge in [-0.1, -0.05) is 23.7 Å². The molecule has 0 aliphatic heterocycles. The third-order valence-corrected chi connectivity index (χ3v) is 2.98. The van der Waals surface area contributed by atoms with Crippen molar-refractivity contribution >= 4 is 23.1 Å². The summed E-state index contributed by atoms with van der Waals surface area (Å²) >= 11 is 5.81. The highest BCUT2D eigenvalue weighted by atomic mass is 35.5. The topological polar surface area (TPSA) is 43.1 Å². The number of halogens is 3. The summed E-state index contributed by atoms with van der Waals surface area (Å²) in [4.78, 5) is 12.0. The molecule has 2 aromatic rings. The van der Waals surface area contributed by atoms with E-state index in [1.165, 1.54) is 30.3 Å². The molecule has 0 fully saturated rings. The number of nitrogens with two attached hydrogens (primary N) is 1. The van der Waals surface area contributed by atoms with E-state index in [0.29, 0.717) is 5.56 Å². The summed E-state index contributed by atoms with van der Waals surface area (Å²) in [6, 6.07) is 7.77. The zero-order valence-electron chi connectivity index (χ0n) is 9.79. The molecule has 19 heavy (non-hydrogen) atoms. The summed E-state index contributed by atoms with van der Waals surface area (Å²) in [6.45, 7) is 0. The van der Waals surface area contributed by atoms with E-state index in [9.17, 15) is 13.6 Å². The second-order valence-corrected chi connectivity index (χ2v) is 4.49. The first-order valence-electron chi connectivity index (χ1n) is 5.49. The van der Waals surface area contributed by atoms with Gasteiger partial charge in [0, 0.05) is 12.0 Å². The molecule has 5 heteroatoms. The van der Waals surface area contributed by atoms with Gasteiger partial charge < -0.3 is 5.73 Å². The molecular weight excluding hydrogens is 272 g/mol. The van der Waals surface area contributed by atoms with Crippen molar-refractivity contribution in [3.8, 4) is 0 Å². The molecule has 0 spiro atoms. The highest BCUT2D eigenvalue weighted by Crippen LogP contribution is 2.23.